The minimum atomic E-state index is -1.89. The maximum Gasteiger partial charge on any atom is 0.250 e. The van der Waals surface area contributed by atoms with Crippen molar-refractivity contribution < 1.29 is 9.22 Å². The minimum Gasteiger partial charge on any atom is -0.546 e. The monoisotopic (exact) mass is 352 g/mol. The lowest BCUT2D eigenvalue weighted by Gasteiger charge is -2.40. The molecule has 0 amide bonds. The van der Waals surface area contributed by atoms with E-state index in [0.29, 0.717) is 17.2 Å². The maximum atomic E-state index is 12.8. The average molecular weight is 353 g/mol. The van der Waals surface area contributed by atoms with Crippen LogP contribution in [0.4, 0.5) is 0 Å². The van der Waals surface area contributed by atoms with Gasteiger partial charge in [-0.25, -0.2) is 0 Å². The molecule has 1 fully saturated rings. The Bertz CT molecular complexity index is 494. The summed E-state index contributed by atoms with van der Waals surface area (Å²) < 4.78 is 6.71. The molecule has 4 heteroatoms. The second-order valence-corrected chi connectivity index (χ2v) is 20.4. The highest BCUT2D eigenvalue weighted by atomic mass is 28.4. The Morgan fingerprint density at radius 2 is 1.70 bits per heavy atom. The molecule has 0 saturated heterocycles. The first-order valence-corrected chi connectivity index (χ1v) is 15.7. The molecule has 0 aliphatic heterocycles. The van der Waals surface area contributed by atoms with Crippen LogP contribution in [0.1, 0.15) is 46.5 Å². The first kappa shape index (κ1) is 19.0. The SMILES string of the molecule is CC(C)(C)[Si](C)(C)OC1=C[C@H]([Si](C)(C)C)[C@H]2CCC[C@@H]1C(=O)C2. The first-order chi connectivity index (χ1) is 10.3. The van der Waals surface area contributed by atoms with E-state index >= 15 is 0 Å². The number of hydrogen-bond acceptors (Lipinski definition) is 2. The molecule has 1 saturated carbocycles. The molecule has 2 nitrogen and oxygen atoms in total. The normalized spacial score (nSPS) is 29.8. The van der Waals surface area contributed by atoms with E-state index in [0.717, 1.165) is 18.6 Å². The summed E-state index contributed by atoms with van der Waals surface area (Å²) in [5.74, 6) is 2.09. The van der Waals surface area contributed by atoms with Crippen molar-refractivity contribution in [2.24, 2.45) is 11.8 Å². The Morgan fingerprint density at radius 3 is 2.22 bits per heavy atom. The molecule has 2 aliphatic rings. The fourth-order valence-corrected chi connectivity index (χ4v) is 7.26. The molecule has 23 heavy (non-hydrogen) atoms. The third-order valence-electron chi connectivity index (χ3n) is 6.29. The van der Waals surface area contributed by atoms with Gasteiger partial charge < -0.3 is 4.43 Å². The topological polar surface area (TPSA) is 26.3 Å². The molecule has 0 radical (unpaired) electrons. The first-order valence-electron chi connectivity index (χ1n) is 9.26. The lowest BCUT2D eigenvalue weighted by atomic mass is 9.95. The number of carbonyl (C=O) groups is 1. The number of hydrogen-bond donors (Lipinski definition) is 0. The van der Waals surface area contributed by atoms with Crippen LogP contribution in [0.2, 0.25) is 43.3 Å². The van der Waals surface area contributed by atoms with Crippen molar-refractivity contribution in [2.75, 3.05) is 0 Å². The summed E-state index contributed by atoms with van der Waals surface area (Å²) in [6.07, 6.45) is 6.60. The van der Waals surface area contributed by atoms with Gasteiger partial charge in [-0.05, 0) is 48.5 Å². The van der Waals surface area contributed by atoms with E-state index in [1.807, 2.05) is 0 Å². The van der Waals surface area contributed by atoms with Crippen molar-refractivity contribution in [3.63, 3.8) is 0 Å². The lowest BCUT2D eigenvalue weighted by molar-refractivity contribution is -0.122. The van der Waals surface area contributed by atoms with Crippen molar-refractivity contribution in [2.45, 2.75) is 89.8 Å². The van der Waals surface area contributed by atoms with Gasteiger partial charge in [-0.15, -0.1) is 0 Å². The molecule has 0 N–H and O–H groups in total. The highest BCUT2D eigenvalue weighted by molar-refractivity contribution is 6.78. The van der Waals surface area contributed by atoms with Gasteiger partial charge in [0.25, 0.3) is 0 Å². The number of Topliss-reactive ketones (excluding diaryl/α,β-unsaturated/α-hetero) is 1. The minimum absolute atomic E-state index is 0.0375. The summed E-state index contributed by atoms with van der Waals surface area (Å²) >= 11 is 0. The molecular formula is C19H36O2Si2. The number of rotatable bonds is 3. The second kappa shape index (κ2) is 6.18. The van der Waals surface area contributed by atoms with Crippen LogP contribution >= 0.6 is 0 Å². The van der Waals surface area contributed by atoms with E-state index in [2.05, 4.69) is 59.6 Å². The molecule has 2 aliphatic carbocycles. The van der Waals surface area contributed by atoms with Gasteiger partial charge in [-0.1, -0.05) is 46.8 Å². The Labute approximate surface area is 145 Å². The summed E-state index contributed by atoms with van der Waals surface area (Å²) in [4.78, 5) is 12.8. The van der Waals surface area contributed by atoms with Crippen LogP contribution in [-0.4, -0.2) is 22.2 Å². The van der Waals surface area contributed by atoms with E-state index < -0.39 is 16.4 Å². The number of carbonyl (C=O) groups excluding carboxylic acids is 1. The van der Waals surface area contributed by atoms with Crippen molar-refractivity contribution in [3.8, 4) is 0 Å². The highest BCUT2D eigenvalue weighted by Crippen LogP contribution is 2.47. The summed E-state index contributed by atoms with van der Waals surface area (Å²) in [5.41, 5.74) is 0.580. The molecule has 0 aromatic rings. The van der Waals surface area contributed by atoms with Gasteiger partial charge in [-0.3, -0.25) is 4.79 Å². The Hall–Kier alpha value is -0.356. The van der Waals surface area contributed by atoms with E-state index in [-0.39, 0.29) is 11.0 Å². The van der Waals surface area contributed by atoms with E-state index in [9.17, 15) is 4.79 Å². The lowest BCUT2D eigenvalue weighted by Crippen LogP contribution is -2.42. The molecule has 0 unspecified atom stereocenters. The number of ketones is 1. The van der Waals surface area contributed by atoms with Gasteiger partial charge in [0.2, 0.25) is 8.32 Å². The largest absolute Gasteiger partial charge is 0.546 e. The van der Waals surface area contributed by atoms with Crippen LogP contribution in [0, 0.1) is 11.8 Å². The molecule has 2 rings (SSSR count). The van der Waals surface area contributed by atoms with Crippen molar-refractivity contribution in [3.05, 3.63) is 11.8 Å². The Morgan fingerprint density at radius 1 is 1.09 bits per heavy atom. The van der Waals surface area contributed by atoms with Crippen LogP contribution in [0.5, 0.6) is 0 Å². The molecule has 0 heterocycles. The zero-order chi connectivity index (χ0) is 17.6. The van der Waals surface area contributed by atoms with E-state index in [4.69, 9.17) is 4.43 Å². The highest BCUT2D eigenvalue weighted by Gasteiger charge is 2.45. The molecular weight excluding hydrogens is 316 g/mol. The number of allylic oxidation sites excluding steroid dienone is 2. The quantitative estimate of drug-likeness (QED) is 0.583. The summed E-state index contributed by atoms with van der Waals surface area (Å²) in [6.45, 7) is 18.8. The summed E-state index contributed by atoms with van der Waals surface area (Å²) in [7, 11) is -3.25. The molecule has 132 valence electrons. The van der Waals surface area contributed by atoms with Gasteiger partial charge in [0, 0.05) is 6.42 Å². The number of fused-ring (bicyclic) bond motifs is 3. The summed E-state index contributed by atoms with van der Waals surface area (Å²) in [6, 6.07) is 0. The molecule has 0 aromatic heterocycles. The van der Waals surface area contributed by atoms with Crippen LogP contribution in [0.25, 0.3) is 0 Å². The Balaban J connectivity index is 2.43. The zero-order valence-electron chi connectivity index (χ0n) is 16.5. The second-order valence-electron chi connectivity index (χ2n) is 10.2. The smallest absolute Gasteiger partial charge is 0.250 e. The van der Waals surface area contributed by atoms with Crippen molar-refractivity contribution in [1.82, 2.24) is 0 Å². The summed E-state index contributed by atoms with van der Waals surface area (Å²) in [5, 5.41) is 0.173. The van der Waals surface area contributed by atoms with Crippen LogP contribution in [0.15, 0.2) is 11.8 Å². The Kier molecular flexibility index (Phi) is 5.10. The molecule has 0 spiro atoms. The predicted molar refractivity (Wildman–Crippen MR) is 104 cm³/mol. The molecule has 0 aromatic carbocycles. The maximum absolute atomic E-state index is 12.8. The third kappa shape index (κ3) is 4.01. The average Bonchev–Trinajstić information content (AvgIpc) is 2.58. The fraction of sp³-hybridized carbons (Fsp3) is 0.842. The van der Waals surface area contributed by atoms with E-state index in [1.54, 1.807) is 0 Å². The third-order valence-corrected chi connectivity index (χ3v) is 13.3. The predicted octanol–water partition coefficient (Wildman–Crippen LogP) is 5.99. The van der Waals surface area contributed by atoms with Crippen molar-refractivity contribution >= 4 is 22.2 Å². The zero-order valence-corrected chi connectivity index (χ0v) is 18.5. The standard InChI is InChI=1S/C19H36O2Si2/c1-19(2,3)23(7,8)21-17-13-18(22(4,5)6)14-10-9-11-15(17)16(20)12-14/h13-15,18H,9-12H2,1-8H3/t14-,15+,18-/m0/s1. The van der Waals surface area contributed by atoms with Gasteiger partial charge in [0.05, 0.1) is 19.8 Å². The van der Waals surface area contributed by atoms with Gasteiger partial charge in [-0.2, -0.15) is 0 Å². The van der Waals surface area contributed by atoms with Crippen LogP contribution < -0.4 is 0 Å². The van der Waals surface area contributed by atoms with Crippen molar-refractivity contribution in [1.29, 1.82) is 0 Å². The molecule has 2 bridgehead atoms. The van der Waals surface area contributed by atoms with Gasteiger partial charge in [0.1, 0.15) is 5.78 Å². The van der Waals surface area contributed by atoms with Gasteiger partial charge in [0.15, 0.2) is 0 Å². The molecule has 3 atom stereocenters. The van der Waals surface area contributed by atoms with Gasteiger partial charge >= 0.3 is 0 Å². The van der Waals surface area contributed by atoms with E-state index in [1.165, 1.54) is 12.8 Å². The fourth-order valence-electron chi connectivity index (χ4n) is 3.79. The van der Waals surface area contributed by atoms with Crippen LogP contribution in [-0.2, 0) is 9.22 Å². The van der Waals surface area contributed by atoms with Crippen LogP contribution in [0.3, 0.4) is 0 Å².